The highest BCUT2D eigenvalue weighted by Gasteiger charge is 2.16. The Balaban J connectivity index is 2.54. The summed E-state index contributed by atoms with van der Waals surface area (Å²) in [7, 11) is 0. The van der Waals surface area contributed by atoms with Crippen molar-refractivity contribution in [1.29, 1.82) is 0 Å². The Labute approximate surface area is 93.7 Å². The molecule has 2 aromatic rings. The number of aromatic nitrogens is 2. The Morgan fingerprint density at radius 2 is 1.87 bits per heavy atom. The van der Waals surface area contributed by atoms with E-state index in [1.54, 1.807) is 24.3 Å². The molecule has 5 heteroatoms. The van der Waals surface area contributed by atoms with Gasteiger partial charge in [0.15, 0.2) is 0 Å². The molecule has 0 aliphatic heterocycles. The lowest BCUT2D eigenvalue weighted by atomic mass is 10.2. The molecule has 0 N–H and O–H groups in total. The van der Waals surface area contributed by atoms with Gasteiger partial charge in [-0.1, -0.05) is 30.3 Å². The van der Waals surface area contributed by atoms with Crippen LogP contribution in [0.25, 0.3) is 11.4 Å². The van der Waals surface area contributed by atoms with Crippen molar-refractivity contribution in [3.05, 3.63) is 41.1 Å². The van der Waals surface area contributed by atoms with Crippen molar-refractivity contribution in [3.8, 4) is 11.4 Å². The first kappa shape index (κ1) is 10.3. The Morgan fingerprint density at radius 3 is 2.47 bits per heavy atom. The van der Waals surface area contributed by atoms with Gasteiger partial charge < -0.3 is 0 Å². The molecular weight excluding hydrogens is 266 g/mol. The molecule has 78 valence electrons. The number of alkyl halides is 2. The third-order valence-electron chi connectivity index (χ3n) is 1.98. The molecule has 1 aromatic carbocycles. The molecule has 0 radical (unpaired) electrons. The minimum absolute atomic E-state index is 0.262. The van der Waals surface area contributed by atoms with Gasteiger partial charge in [0.1, 0.15) is 10.4 Å². The van der Waals surface area contributed by atoms with Crippen molar-refractivity contribution >= 4 is 15.9 Å². The number of hydrogen-bond acceptors (Lipinski definition) is 1. The molecule has 0 unspecified atom stereocenters. The zero-order valence-corrected chi connectivity index (χ0v) is 9.16. The number of benzene rings is 1. The lowest BCUT2D eigenvalue weighted by molar-refractivity contribution is 0.0698. The maximum Gasteiger partial charge on any atom is 0.321 e. The molecule has 0 saturated carbocycles. The minimum atomic E-state index is -2.60. The number of rotatable bonds is 2. The maximum atomic E-state index is 12.7. The molecule has 1 aromatic heterocycles. The van der Waals surface area contributed by atoms with Gasteiger partial charge in [-0.2, -0.15) is 8.78 Å². The molecule has 0 amide bonds. The zero-order chi connectivity index (χ0) is 10.8. The van der Waals surface area contributed by atoms with Crippen LogP contribution in [0.1, 0.15) is 6.55 Å². The fourth-order valence-electron chi connectivity index (χ4n) is 1.33. The summed E-state index contributed by atoms with van der Waals surface area (Å²) in [4.78, 5) is 3.94. The van der Waals surface area contributed by atoms with E-state index in [4.69, 9.17) is 0 Å². The molecule has 0 aliphatic carbocycles. The van der Waals surface area contributed by atoms with Crippen LogP contribution in [0.2, 0.25) is 0 Å². The third-order valence-corrected chi connectivity index (χ3v) is 2.57. The van der Waals surface area contributed by atoms with Crippen LogP contribution in [0.15, 0.2) is 41.1 Å². The predicted molar refractivity (Wildman–Crippen MR) is 56.6 cm³/mol. The summed E-state index contributed by atoms with van der Waals surface area (Å²) in [5, 5.41) is 0. The summed E-state index contributed by atoms with van der Waals surface area (Å²) >= 11 is 3.04. The van der Waals surface area contributed by atoms with Crippen LogP contribution < -0.4 is 0 Å². The van der Waals surface area contributed by atoms with Crippen LogP contribution in [0.3, 0.4) is 0 Å². The average molecular weight is 273 g/mol. The SMILES string of the molecule is FC(F)n1c(Br)cnc1-c1ccccc1. The van der Waals surface area contributed by atoms with E-state index in [-0.39, 0.29) is 10.4 Å². The second-order valence-corrected chi connectivity index (χ2v) is 3.73. The second kappa shape index (κ2) is 4.10. The molecule has 0 saturated heterocycles. The molecular formula is C10H7BrF2N2. The second-order valence-electron chi connectivity index (χ2n) is 2.92. The molecule has 2 rings (SSSR count). The zero-order valence-electron chi connectivity index (χ0n) is 7.57. The topological polar surface area (TPSA) is 17.8 Å². The molecule has 1 heterocycles. The maximum absolute atomic E-state index is 12.7. The number of halogens is 3. The summed E-state index contributed by atoms with van der Waals surface area (Å²) in [6.45, 7) is -2.60. The van der Waals surface area contributed by atoms with Crippen LogP contribution in [0, 0.1) is 0 Å². The fraction of sp³-hybridized carbons (Fsp3) is 0.100. The van der Waals surface area contributed by atoms with E-state index in [1.165, 1.54) is 6.20 Å². The predicted octanol–water partition coefficient (Wildman–Crippen LogP) is 3.71. The number of nitrogens with zero attached hydrogens (tertiary/aromatic N) is 2. The van der Waals surface area contributed by atoms with Gasteiger partial charge in [0.25, 0.3) is 0 Å². The first-order valence-electron chi connectivity index (χ1n) is 4.26. The molecule has 0 spiro atoms. The molecule has 15 heavy (non-hydrogen) atoms. The minimum Gasteiger partial charge on any atom is -0.260 e. The standard InChI is InChI=1S/C10H7BrF2N2/c11-8-6-14-9(15(8)10(12)13)7-4-2-1-3-5-7/h1-6,10H. The van der Waals surface area contributed by atoms with E-state index in [2.05, 4.69) is 20.9 Å². The van der Waals surface area contributed by atoms with Crippen LogP contribution in [-0.4, -0.2) is 9.55 Å². The van der Waals surface area contributed by atoms with E-state index in [0.717, 1.165) is 4.57 Å². The van der Waals surface area contributed by atoms with Gasteiger partial charge in [-0.25, -0.2) is 4.98 Å². The Morgan fingerprint density at radius 1 is 1.20 bits per heavy atom. The van der Waals surface area contributed by atoms with Gasteiger partial charge in [-0.05, 0) is 15.9 Å². The van der Waals surface area contributed by atoms with Gasteiger partial charge in [0.05, 0.1) is 6.20 Å². The van der Waals surface area contributed by atoms with Crippen molar-refractivity contribution in [2.45, 2.75) is 6.55 Å². The van der Waals surface area contributed by atoms with Crippen LogP contribution in [0.4, 0.5) is 8.78 Å². The van der Waals surface area contributed by atoms with Crippen LogP contribution >= 0.6 is 15.9 Å². The molecule has 0 atom stereocenters. The normalized spacial score (nSPS) is 10.9. The fourth-order valence-corrected chi connectivity index (χ4v) is 1.75. The molecule has 0 fully saturated rings. The van der Waals surface area contributed by atoms with Crippen molar-refractivity contribution < 1.29 is 8.78 Å². The number of hydrogen-bond donors (Lipinski definition) is 0. The monoisotopic (exact) mass is 272 g/mol. The van der Waals surface area contributed by atoms with Gasteiger partial charge in [-0.15, -0.1) is 0 Å². The molecule has 0 aliphatic rings. The van der Waals surface area contributed by atoms with E-state index < -0.39 is 6.55 Å². The summed E-state index contributed by atoms with van der Waals surface area (Å²) in [5.74, 6) is 0.262. The third kappa shape index (κ3) is 1.92. The van der Waals surface area contributed by atoms with Crippen molar-refractivity contribution in [3.63, 3.8) is 0 Å². The van der Waals surface area contributed by atoms with Gasteiger partial charge in [0.2, 0.25) is 0 Å². The van der Waals surface area contributed by atoms with E-state index in [1.807, 2.05) is 6.07 Å². The summed E-state index contributed by atoms with van der Waals surface area (Å²) in [6.07, 6.45) is 1.37. The molecule has 0 bridgehead atoms. The molecule has 2 nitrogen and oxygen atoms in total. The Kier molecular flexibility index (Phi) is 2.81. The quantitative estimate of drug-likeness (QED) is 0.815. The van der Waals surface area contributed by atoms with Crippen LogP contribution in [0.5, 0.6) is 0 Å². The van der Waals surface area contributed by atoms with Crippen molar-refractivity contribution in [2.24, 2.45) is 0 Å². The lowest BCUT2D eigenvalue weighted by Gasteiger charge is -2.07. The first-order valence-corrected chi connectivity index (χ1v) is 5.05. The first-order chi connectivity index (χ1) is 7.20. The summed E-state index contributed by atoms with van der Waals surface area (Å²) in [5.41, 5.74) is 0.670. The highest BCUT2D eigenvalue weighted by atomic mass is 79.9. The summed E-state index contributed by atoms with van der Waals surface area (Å²) < 4.78 is 26.5. The number of imidazole rings is 1. The van der Waals surface area contributed by atoms with Gasteiger partial charge in [-0.3, -0.25) is 4.57 Å². The van der Waals surface area contributed by atoms with E-state index >= 15 is 0 Å². The lowest BCUT2D eigenvalue weighted by Crippen LogP contribution is -2.00. The largest absolute Gasteiger partial charge is 0.321 e. The van der Waals surface area contributed by atoms with Crippen molar-refractivity contribution in [1.82, 2.24) is 9.55 Å². The summed E-state index contributed by atoms with van der Waals surface area (Å²) in [6, 6.07) is 8.89. The van der Waals surface area contributed by atoms with Gasteiger partial charge in [0, 0.05) is 5.56 Å². The highest BCUT2D eigenvalue weighted by Crippen LogP contribution is 2.27. The van der Waals surface area contributed by atoms with Crippen molar-refractivity contribution in [2.75, 3.05) is 0 Å². The Hall–Kier alpha value is -1.23. The smallest absolute Gasteiger partial charge is 0.260 e. The van der Waals surface area contributed by atoms with E-state index in [9.17, 15) is 8.78 Å². The van der Waals surface area contributed by atoms with Gasteiger partial charge >= 0.3 is 6.55 Å². The Bertz CT molecular complexity index is 454. The van der Waals surface area contributed by atoms with Crippen LogP contribution in [-0.2, 0) is 0 Å². The van der Waals surface area contributed by atoms with E-state index in [0.29, 0.717) is 5.56 Å². The highest BCUT2D eigenvalue weighted by molar-refractivity contribution is 9.10. The average Bonchev–Trinajstić information content (AvgIpc) is 2.61.